The molecule has 0 N–H and O–H groups in total. The summed E-state index contributed by atoms with van der Waals surface area (Å²) in [7, 11) is 3.21. The maximum Gasteiger partial charge on any atom is 0.254 e. The molecule has 1 aliphatic rings. The van der Waals surface area contributed by atoms with E-state index in [1.165, 1.54) is 0 Å². The molecular weight excluding hydrogens is 494 g/mol. The van der Waals surface area contributed by atoms with Crippen molar-refractivity contribution >= 4 is 17.6 Å². The van der Waals surface area contributed by atoms with Gasteiger partial charge in [-0.15, -0.1) is 10.2 Å². The molecule has 1 aromatic heterocycles. The quantitative estimate of drug-likeness (QED) is 0.391. The number of nitrogens with zero attached hydrogens (tertiary/aromatic N) is 5. The number of ether oxygens (including phenoxy) is 2. The molecule has 0 radical (unpaired) electrons. The normalized spacial score (nSPS) is 14.1. The number of rotatable bonds is 10. The van der Waals surface area contributed by atoms with Gasteiger partial charge in [-0.05, 0) is 48.4 Å². The molecule has 0 aliphatic carbocycles. The maximum atomic E-state index is 13.4. The van der Waals surface area contributed by atoms with Crippen LogP contribution in [0.25, 0.3) is 11.3 Å². The van der Waals surface area contributed by atoms with Crippen LogP contribution in [0.4, 0.5) is 5.82 Å². The van der Waals surface area contributed by atoms with Gasteiger partial charge in [-0.3, -0.25) is 9.59 Å². The average Bonchev–Trinajstić information content (AvgIpc) is 3.00. The number of amides is 2. The zero-order chi connectivity index (χ0) is 27.8. The first-order valence-electron chi connectivity index (χ1n) is 13.4. The van der Waals surface area contributed by atoms with E-state index in [-0.39, 0.29) is 24.3 Å². The van der Waals surface area contributed by atoms with Gasteiger partial charge < -0.3 is 24.2 Å². The number of benzene rings is 2. The van der Waals surface area contributed by atoms with Gasteiger partial charge >= 0.3 is 0 Å². The van der Waals surface area contributed by atoms with Crippen molar-refractivity contribution in [3.63, 3.8) is 0 Å². The van der Waals surface area contributed by atoms with Crippen LogP contribution in [0.1, 0.15) is 30.6 Å². The predicted octanol–water partition coefficient (Wildman–Crippen LogP) is 4.00. The third-order valence-electron chi connectivity index (χ3n) is 7.13. The van der Waals surface area contributed by atoms with E-state index < -0.39 is 0 Å². The molecule has 1 atom stereocenters. The molecule has 2 aromatic carbocycles. The van der Waals surface area contributed by atoms with Crippen LogP contribution in [-0.2, 0) is 4.79 Å². The van der Waals surface area contributed by atoms with E-state index in [2.05, 4.69) is 28.9 Å². The Morgan fingerprint density at radius 2 is 1.62 bits per heavy atom. The van der Waals surface area contributed by atoms with Crippen LogP contribution in [0.15, 0.2) is 60.7 Å². The summed E-state index contributed by atoms with van der Waals surface area (Å²) in [5.41, 5.74) is 2.23. The van der Waals surface area contributed by atoms with Crippen molar-refractivity contribution in [3.8, 4) is 22.8 Å². The second-order valence-electron chi connectivity index (χ2n) is 9.81. The summed E-state index contributed by atoms with van der Waals surface area (Å²) in [6.45, 7) is 7.16. The molecule has 9 heteroatoms. The van der Waals surface area contributed by atoms with Gasteiger partial charge in [-0.1, -0.05) is 38.5 Å². The Morgan fingerprint density at radius 3 is 2.26 bits per heavy atom. The van der Waals surface area contributed by atoms with Crippen LogP contribution in [-0.4, -0.2) is 85.3 Å². The molecule has 0 bridgehead atoms. The molecule has 0 spiro atoms. The number of hydrogen-bond acceptors (Lipinski definition) is 7. The van der Waals surface area contributed by atoms with Crippen molar-refractivity contribution in [3.05, 3.63) is 66.2 Å². The summed E-state index contributed by atoms with van der Waals surface area (Å²) in [5.74, 6) is 2.24. The van der Waals surface area contributed by atoms with Gasteiger partial charge in [0, 0.05) is 43.9 Å². The van der Waals surface area contributed by atoms with Gasteiger partial charge in [-0.25, -0.2) is 0 Å². The van der Waals surface area contributed by atoms with Gasteiger partial charge in [0.15, 0.2) is 5.82 Å². The van der Waals surface area contributed by atoms with E-state index >= 15 is 0 Å². The van der Waals surface area contributed by atoms with Gasteiger partial charge in [0.1, 0.15) is 18.0 Å². The number of carbonyl (C=O) groups is 2. The van der Waals surface area contributed by atoms with Gasteiger partial charge in [-0.2, -0.15) is 0 Å². The van der Waals surface area contributed by atoms with Crippen LogP contribution in [0.2, 0.25) is 0 Å². The Kier molecular flexibility index (Phi) is 9.35. The van der Waals surface area contributed by atoms with Crippen LogP contribution >= 0.6 is 0 Å². The first kappa shape index (κ1) is 27.9. The Morgan fingerprint density at radius 1 is 0.923 bits per heavy atom. The zero-order valence-electron chi connectivity index (χ0n) is 23.2. The predicted molar refractivity (Wildman–Crippen MR) is 151 cm³/mol. The van der Waals surface area contributed by atoms with E-state index in [0.717, 1.165) is 29.2 Å². The second-order valence-corrected chi connectivity index (χ2v) is 9.81. The number of anilines is 1. The molecule has 206 valence electrons. The molecule has 3 aromatic rings. The average molecular weight is 532 g/mol. The minimum atomic E-state index is -0.160. The molecule has 1 aliphatic heterocycles. The summed E-state index contributed by atoms with van der Waals surface area (Å²) in [6, 6.07) is 18.7. The summed E-state index contributed by atoms with van der Waals surface area (Å²) < 4.78 is 10.6. The lowest BCUT2D eigenvalue weighted by atomic mass is 10.1. The van der Waals surface area contributed by atoms with Crippen molar-refractivity contribution in [2.45, 2.75) is 20.3 Å². The number of methoxy groups -OCH3 is 2. The van der Waals surface area contributed by atoms with Gasteiger partial charge in [0.05, 0.1) is 19.9 Å². The first-order chi connectivity index (χ1) is 18.9. The third-order valence-corrected chi connectivity index (χ3v) is 7.13. The molecular formula is C30H37N5O4. The second kappa shape index (κ2) is 13.1. The zero-order valence-corrected chi connectivity index (χ0v) is 23.2. The number of hydrogen-bond donors (Lipinski definition) is 0. The molecule has 4 rings (SSSR count). The minimum Gasteiger partial charge on any atom is -0.497 e. The fraction of sp³-hybridized carbons (Fsp3) is 0.400. The Bertz CT molecular complexity index is 1260. The molecule has 1 saturated heterocycles. The Hall–Kier alpha value is -4.14. The van der Waals surface area contributed by atoms with Crippen molar-refractivity contribution in [1.82, 2.24) is 20.0 Å². The van der Waals surface area contributed by atoms with E-state index in [1.807, 2.05) is 41.3 Å². The highest BCUT2D eigenvalue weighted by Gasteiger charge is 2.27. The van der Waals surface area contributed by atoms with Gasteiger partial charge in [0.2, 0.25) is 5.91 Å². The van der Waals surface area contributed by atoms with Crippen molar-refractivity contribution in [1.29, 1.82) is 0 Å². The molecule has 1 unspecified atom stereocenters. The fourth-order valence-electron chi connectivity index (χ4n) is 4.54. The highest BCUT2D eigenvalue weighted by atomic mass is 16.5. The summed E-state index contributed by atoms with van der Waals surface area (Å²) >= 11 is 0. The molecule has 2 heterocycles. The van der Waals surface area contributed by atoms with Crippen molar-refractivity contribution in [2.75, 3.05) is 58.4 Å². The van der Waals surface area contributed by atoms with E-state index in [1.54, 1.807) is 43.4 Å². The standard InChI is InChI=1S/C30H37N5O4/c1-5-22(2)20-35(30(37)24-9-7-11-26(19-24)39-4)21-29(36)34-16-14-33(15-17-34)28-13-12-27(31-32-28)23-8-6-10-25(18-23)38-3/h6-13,18-19,22H,5,14-17,20-21H2,1-4H3. The third kappa shape index (κ3) is 7.04. The van der Waals surface area contributed by atoms with Gasteiger partial charge in [0.25, 0.3) is 5.91 Å². The van der Waals surface area contributed by atoms with Crippen LogP contribution in [0.3, 0.4) is 0 Å². The summed E-state index contributed by atoms with van der Waals surface area (Å²) in [6.07, 6.45) is 0.923. The highest BCUT2D eigenvalue weighted by molar-refractivity contribution is 5.97. The van der Waals surface area contributed by atoms with Crippen LogP contribution in [0.5, 0.6) is 11.5 Å². The molecule has 39 heavy (non-hydrogen) atoms. The van der Waals surface area contributed by atoms with Crippen molar-refractivity contribution in [2.24, 2.45) is 5.92 Å². The smallest absolute Gasteiger partial charge is 0.254 e. The lowest BCUT2D eigenvalue weighted by molar-refractivity contribution is -0.132. The molecule has 9 nitrogen and oxygen atoms in total. The number of aromatic nitrogens is 2. The Balaban J connectivity index is 1.37. The highest BCUT2D eigenvalue weighted by Crippen LogP contribution is 2.23. The SMILES string of the molecule is CCC(C)CN(CC(=O)N1CCN(c2ccc(-c3cccc(OC)c3)nn2)CC1)C(=O)c1cccc(OC)c1. The minimum absolute atomic E-state index is 0.0475. The lowest BCUT2D eigenvalue weighted by Gasteiger charge is -2.36. The summed E-state index contributed by atoms with van der Waals surface area (Å²) in [4.78, 5) is 32.3. The van der Waals surface area contributed by atoms with Crippen molar-refractivity contribution < 1.29 is 19.1 Å². The number of piperazine rings is 1. The van der Waals surface area contributed by atoms with Crippen LogP contribution in [0, 0.1) is 5.92 Å². The largest absolute Gasteiger partial charge is 0.497 e. The maximum absolute atomic E-state index is 13.4. The molecule has 1 fully saturated rings. The topological polar surface area (TPSA) is 88.1 Å². The van der Waals surface area contributed by atoms with E-state index in [0.29, 0.717) is 44.0 Å². The molecule has 2 amide bonds. The van der Waals surface area contributed by atoms with E-state index in [9.17, 15) is 9.59 Å². The van der Waals surface area contributed by atoms with Crippen LogP contribution < -0.4 is 14.4 Å². The lowest BCUT2D eigenvalue weighted by Crippen LogP contribution is -2.52. The fourth-order valence-corrected chi connectivity index (χ4v) is 4.54. The number of carbonyl (C=O) groups excluding carboxylic acids is 2. The summed E-state index contributed by atoms with van der Waals surface area (Å²) in [5, 5.41) is 8.84. The Labute approximate surface area is 230 Å². The molecule has 0 saturated carbocycles. The monoisotopic (exact) mass is 531 g/mol. The van der Waals surface area contributed by atoms with E-state index in [4.69, 9.17) is 9.47 Å². The first-order valence-corrected chi connectivity index (χ1v) is 13.4.